The Balaban J connectivity index is 1.63. The molecule has 1 aromatic carbocycles. The molecule has 1 aliphatic heterocycles. The summed E-state index contributed by atoms with van der Waals surface area (Å²) in [5.41, 5.74) is 0.392. The Bertz CT molecular complexity index is 666. The zero-order chi connectivity index (χ0) is 15.6. The third kappa shape index (κ3) is 3.45. The fourth-order valence-electron chi connectivity index (χ4n) is 2.27. The van der Waals surface area contributed by atoms with Crippen LogP contribution in [0.3, 0.4) is 0 Å². The highest BCUT2D eigenvalue weighted by Gasteiger charge is 2.39. The Morgan fingerprint density at radius 1 is 1.45 bits per heavy atom. The van der Waals surface area contributed by atoms with Crippen molar-refractivity contribution in [3.63, 3.8) is 0 Å². The van der Waals surface area contributed by atoms with Crippen molar-refractivity contribution in [1.29, 1.82) is 0 Å². The molecule has 0 radical (unpaired) electrons. The number of anilines is 1. The smallest absolute Gasteiger partial charge is 0.257 e. The van der Waals surface area contributed by atoms with Crippen molar-refractivity contribution in [2.45, 2.75) is 18.6 Å². The van der Waals surface area contributed by atoms with Gasteiger partial charge in [0.15, 0.2) is 5.60 Å². The van der Waals surface area contributed by atoms with Crippen LogP contribution < -0.4 is 5.32 Å². The van der Waals surface area contributed by atoms with E-state index < -0.39 is 5.60 Å². The van der Waals surface area contributed by atoms with Gasteiger partial charge in [0.2, 0.25) is 0 Å². The maximum atomic E-state index is 12.1. The fourth-order valence-corrected chi connectivity index (χ4v) is 3.64. The van der Waals surface area contributed by atoms with E-state index in [2.05, 4.69) is 10.4 Å². The first-order chi connectivity index (χ1) is 10.5. The molecule has 3 rings (SSSR count). The summed E-state index contributed by atoms with van der Waals surface area (Å²) < 4.78 is 1.73. The van der Waals surface area contributed by atoms with Gasteiger partial charge in [-0.25, -0.2) is 0 Å². The summed E-state index contributed by atoms with van der Waals surface area (Å²) in [5, 5.41) is 17.9. The average Bonchev–Trinajstić information content (AvgIpc) is 3.12. The number of rotatable bonds is 4. The van der Waals surface area contributed by atoms with Crippen molar-refractivity contribution in [3.8, 4) is 0 Å². The van der Waals surface area contributed by atoms with Gasteiger partial charge in [0.25, 0.3) is 5.91 Å². The van der Waals surface area contributed by atoms with Crippen LogP contribution in [0.15, 0.2) is 36.7 Å². The number of thioether (sulfide) groups is 1. The Morgan fingerprint density at radius 2 is 2.23 bits per heavy atom. The van der Waals surface area contributed by atoms with Crippen LogP contribution in [-0.4, -0.2) is 37.9 Å². The van der Waals surface area contributed by atoms with E-state index in [-0.39, 0.29) is 5.91 Å². The minimum absolute atomic E-state index is 0.358. The molecule has 1 aromatic heterocycles. The molecule has 0 saturated carbocycles. The van der Waals surface area contributed by atoms with Crippen LogP contribution in [0.25, 0.3) is 0 Å². The number of amides is 1. The standard InChI is InChI=1S/C15H16ClN3O2S/c16-12-3-1-11(2-4-12)8-19-9-13(7-17-19)18-14(20)15(21)5-6-22-10-15/h1-4,7,9,21H,5-6,8,10H2,(H,18,20). The molecule has 0 spiro atoms. The number of carbonyl (C=O) groups is 1. The molecule has 1 saturated heterocycles. The second kappa shape index (κ2) is 6.32. The zero-order valence-corrected chi connectivity index (χ0v) is 13.4. The van der Waals surface area contributed by atoms with Crippen molar-refractivity contribution in [3.05, 3.63) is 47.2 Å². The second-order valence-corrected chi connectivity index (χ2v) is 6.88. The zero-order valence-electron chi connectivity index (χ0n) is 11.8. The summed E-state index contributed by atoms with van der Waals surface area (Å²) in [6, 6.07) is 7.52. The number of benzene rings is 1. The van der Waals surface area contributed by atoms with E-state index in [0.717, 1.165) is 11.3 Å². The van der Waals surface area contributed by atoms with Crippen LogP contribution in [-0.2, 0) is 11.3 Å². The SMILES string of the molecule is O=C(Nc1cnn(Cc2ccc(Cl)cc2)c1)C1(O)CCSC1. The van der Waals surface area contributed by atoms with E-state index in [9.17, 15) is 9.90 Å². The minimum Gasteiger partial charge on any atom is -0.379 e. The monoisotopic (exact) mass is 337 g/mol. The first-order valence-electron chi connectivity index (χ1n) is 6.94. The minimum atomic E-state index is -1.26. The van der Waals surface area contributed by atoms with E-state index in [4.69, 9.17) is 11.6 Å². The molecule has 7 heteroatoms. The molecular formula is C15H16ClN3O2S. The maximum Gasteiger partial charge on any atom is 0.257 e. The van der Waals surface area contributed by atoms with Gasteiger partial charge in [0.1, 0.15) is 0 Å². The molecular weight excluding hydrogens is 322 g/mol. The average molecular weight is 338 g/mol. The van der Waals surface area contributed by atoms with Crippen LogP contribution in [0.1, 0.15) is 12.0 Å². The molecule has 0 aliphatic carbocycles. The van der Waals surface area contributed by atoms with E-state index >= 15 is 0 Å². The predicted octanol–water partition coefficient (Wildman–Crippen LogP) is 2.39. The van der Waals surface area contributed by atoms with Gasteiger partial charge < -0.3 is 10.4 Å². The van der Waals surface area contributed by atoms with Gasteiger partial charge in [-0.1, -0.05) is 23.7 Å². The third-order valence-corrected chi connectivity index (χ3v) is 5.00. The molecule has 2 heterocycles. The third-order valence-electron chi connectivity index (χ3n) is 3.57. The highest BCUT2D eigenvalue weighted by Crippen LogP contribution is 2.28. The topological polar surface area (TPSA) is 67.2 Å². The van der Waals surface area contributed by atoms with Crippen LogP contribution >= 0.6 is 23.4 Å². The predicted molar refractivity (Wildman–Crippen MR) is 88.3 cm³/mol. The molecule has 1 atom stereocenters. The lowest BCUT2D eigenvalue weighted by Gasteiger charge is -2.19. The van der Waals surface area contributed by atoms with Crippen molar-refractivity contribution in [2.24, 2.45) is 0 Å². The molecule has 5 nitrogen and oxygen atoms in total. The summed E-state index contributed by atoms with van der Waals surface area (Å²) in [7, 11) is 0. The fraction of sp³-hybridized carbons (Fsp3) is 0.333. The number of halogens is 1. The number of hydrogen-bond acceptors (Lipinski definition) is 4. The Morgan fingerprint density at radius 3 is 2.91 bits per heavy atom. The first-order valence-corrected chi connectivity index (χ1v) is 8.47. The number of nitrogens with one attached hydrogen (secondary N) is 1. The van der Waals surface area contributed by atoms with Crippen molar-refractivity contribution in [1.82, 2.24) is 9.78 Å². The van der Waals surface area contributed by atoms with Gasteiger partial charge in [0, 0.05) is 17.0 Å². The van der Waals surface area contributed by atoms with Crippen molar-refractivity contribution in [2.75, 3.05) is 16.8 Å². The van der Waals surface area contributed by atoms with Gasteiger partial charge >= 0.3 is 0 Å². The summed E-state index contributed by atoms with van der Waals surface area (Å²) in [4.78, 5) is 12.1. The highest BCUT2D eigenvalue weighted by atomic mass is 35.5. The Kier molecular flexibility index (Phi) is 4.42. The van der Waals surface area contributed by atoms with Gasteiger partial charge in [-0.2, -0.15) is 16.9 Å². The van der Waals surface area contributed by atoms with Gasteiger partial charge in [-0.3, -0.25) is 9.48 Å². The van der Waals surface area contributed by atoms with E-state index in [0.29, 0.717) is 29.4 Å². The molecule has 1 amide bonds. The normalized spacial score (nSPS) is 21.0. The molecule has 2 aromatic rings. The van der Waals surface area contributed by atoms with Gasteiger partial charge in [0.05, 0.1) is 18.4 Å². The summed E-state index contributed by atoms with van der Waals surface area (Å²) in [6.07, 6.45) is 3.82. The Labute approximate surface area is 137 Å². The lowest BCUT2D eigenvalue weighted by atomic mass is 10.0. The number of carbonyl (C=O) groups excluding carboxylic acids is 1. The summed E-state index contributed by atoms with van der Waals surface area (Å²) >= 11 is 7.44. The van der Waals surface area contributed by atoms with Crippen LogP contribution in [0.2, 0.25) is 5.02 Å². The van der Waals surface area contributed by atoms with Crippen molar-refractivity contribution >= 4 is 35.0 Å². The van der Waals surface area contributed by atoms with Gasteiger partial charge in [-0.15, -0.1) is 0 Å². The number of nitrogens with zero attached hydrogens (tertiary/aromatic N) is 2. The first kappa shape index (κ1) is 15.4. The molecule has 0 bridgehead atoms. The number of aromatic nitrogens is 2. The number of aliphatic hydroxyl groups is 1. The summed E-state index contributed by atoms with van der Waals surface area (Å²) in [5.74, 6) is 0.890. The van der Waals surface area contributed by atoms with E-state index in [1.165, 1.54) is 0 Å². The number of hydrogen-bond donors (Lipinski definition) is 2. The van der Waals surface area contributed by atoms with Crippen LogP contribution in [0, 0.1) is 0 Å². The molecule has 1 aliphatic rings. The molecule has 1 unspecified atom stereocenters. The molecule has 116 valence electrons. The van der Waals surface area contributed by atoms with Gasteiger partial charge in [-0.05, 0) is 29.9 Å². The quantitative estimate of drug-likeness (QED) is 0.899. The highest BCUT2D eigenvalue weighted by molar-refractivity contribution is 7.99. The van der Waals surface area contributed by atoms with E-state index in [1.54, 1.807) is 28.8 Å². The summed E-state index contributed by atoms with van der Waals surface area (Å²) in [6.45, 7) is 0.590. The largest absolute Gasteiger partial charge is 0.379 e. The lowest BCUT2D eigenvalue weighted by molar-refractivity contribution is -0.131. The molecule has 22 heavy (non-hydrogen) atoms. The Hall–Kier alpha value is -1.50. The second-order valence-electron chi connectivity index (χ2n) is 5.34. The van der Waals surface area contributed by atoms with Crippen LogP contribution in [0.4, 0.5) is 5.69 Å². The van der Waals surface area contributed by atoms with Crippen LogP contribution in [0.5, 0.6) is 0 Å². The lowest BCUT2D eigenvalue weighted by Crippen LogP contribution is -2.42. The molecule has 1 fully saturated rings. The van der Waals surface area contributed by atoms with E-state index in [1.807, 2.05) is 24.3 Å². The maximum absolute atomic E-state index is 12.1. The van der Waals surface area contributed by atoms with Crippen molar-refractivity contribution < 1.29 is 9.90 Å². The molecule has 2 N–H and O–H groups in total.